The van der Waals surface area contributed by atoms with E-state index in [4.69, 9.17) is 0 Å². The van der Waals surface area contributed by atoms with Crippen LogP contribution in [0.4, 0.5) is 0 Å². The van der Waals surface area contributed by atoms with Gasteiger partial charge in [0.05, 0.1) is 7.11 Å². The van der Waals surface area contributed by atoms with Gasteiger partial charge in [-0.25, -0.2) is 0 Å². The van der Waals surface area contributed by atoms with Crippen LogP contribution in [0, 0.1) is 5.41 Å². The number of amides is 1. The van der Waals surface area contributed by atoms with Crippen LogP contribution in [0.1, 0.15) is 19.4 Å². The number of rotatable bonds is 4. The third kappa shape index (κ3) is 3.56. The highest BCUT2D eigenvalue weighted by atomic mass is 79.9. The maximum absolute atomic E-state index is 12.3. The topological polar surface area (TPSA) is 46.6 Å². The molecule has 0 radical (unpaired) electrons. The molecule has 0 spiro atoms. The molecule has 0 heterocycles. The van der Waals surface area contributed by atoms with Crippen molar-refractivity contribution in [1.29, 1.82) is 0 Å². The van der Waals surface area contributed by atoms with Crippen molar-refractivity contribution in [3.63, 3.8) is 0 Å². The van der Waals surface area contributed by atoms with Crippen LogP contribution in [0.2, 0.25) is 0 Å². The quantitative estimate of drug-likeness (QED) is 0.630. The summed E-state index contributed by atoms with van der Waals surface area (Å²) in [5.74, 6) is -0.799. The lowest BCUT2D eigenvalue weighted by atomic mass is 9.91. The predicted octanol–water partition coefficient (Wildman–Crippen LogP) is 2.61. The van der Waals surface area contributed by atoms with E-state index in [9.17, 15) is 9.59 Å². The van der Waals surface area contributed by atoms with Crippen molar-refractivity contribution in [3.8, 4) is 0 Å². The summed E-state index contributed by atoms with van der Waals surface area (Å²) in [5.41, 5.74) is -0.191. The Labute approximate surface area is 121 Å². The second kappa shape index (κ2) is 6.19. The Kier molecular flexibility index (Phi) is 5.11. The Hall–Kier alpha value is -1.36. The predicted molar refractivity (Wildman–Crippen MR) is 76.4 cm³/mol. The van der Waals surface area contributed by atoms with Crippen LogP contribution in [-0.4, -0.2) is 30.9 Å². The Balaban J connectivity index is 2.84. The lowest BCUT2D eigenvalue weighted by Crippen LogP contribution is -2.43. The Bertz CT molecular complexity index is 485. The molecule has 0 saturated heterocycles. The largest absolute Gasteiger partial charge is 0.468 e. The highest BCUT2D eigenvalue weighted by molar-refractivity contribution is 9.10. The summed E-state index contributed by atoms with van der Waals surface area (Å²) >= 11 is 3.44. The molecule has 1 rings (SSSR count). The summed E-state index contributed by atoms with van der Waals surface area (Å²) in [5, 5.41) is 0. The van der Waals surface area contributed by atoms with E-state index < -0.39 is 11.4 Å². The second-order valence-electron chi connectivity index (χ2n) is 4.87. The molecule has 0 aliphatic heterocycles. The normalized spacial score (nSPS) is 11.0. The molecule has 0 fully saturated rings. The van der Waals surface area contributed by atoms with Gasteiger partial charge in [-0.1, -0.05) is 34.1 Å². The smallest absolute Gasteiger partial charge is 0.320 e. The number of carbonyl (C=O) groups is 2. The van der Waals surface area contributed by atoms with E-state index in [1.54, 1.807) is 20.9 Å². The van der Waals surface area contributed by atoms with Crippen molar-refractivity contribution in [2.24, 2.45) is 5.41 Å². The lowest BCUT2D eigenvalue weighted by Gasteiger charge is -2.27. The van der Waals surface area contributed by atoms with Gasteiger partial charge in [-0.2, -0.15) is 0 Å². The van der Waals surface area contributed by atoms with Gasteiger partial charge >= 0.3 is 5.97 Å². The highest BCUT2D eigenvalue weighted by Crippen LogP contribution is 2.23. The molecule has 5 heteroatoms. The van der Waals surface area contributed by atoms with Gasteiger partial charge < -0.3 is 9.64 Å². The van der Waals surface area contributed by atoms with Crippen molar-refractivity contribution in [3.05, 3.63) is 34.3 Å². The van der Waals surface area contributed by atoms with E-state index in [0.717, 1.165) is 10.0 Å². The average molecular weight is 328 g/mol. The summed E-state index contributed by atoms with van der Waals surface area (Å²) in [6.45, 7) is 3.57. The monoisotopic (exact) mass is 327 g/mol. The zero-order chi connectivity index (χ0) is 14.6. The maximum atomic E-state index is 12.3. The van der Waals surface area contributed by atoms with Gasteiger partial charge in [0, 0.05) is 18.1 Å². The number of nitrogens with zero attached hydrogens (tertiary/aromatic N) is 1. The number of methoxy groups -OCH3 is 1. The fourth-order valence-electron chi connectivity index (χ4n) is 1.77. The molecule has 0 unspecified atom stereocenters. The number of hydrogen-bond acceptors (Lipinski definition) is 3. The van der Waals surface area contributed by atoms with Gasteiger partial charge in [0.2, 0.25) is 5.91 Å². The van der Waals surface area contributed by atoms with E-state index in [-0.39, 0.29) is 5.91 Å². The molecule has 0 bridgehead atoms. The molecule has 0 N–H and O–H groups in total. The molecule has 1 amide bonds. The Morgan fingerprint density at radius 3 is 2.42 bits per heavy atom. The van der Waals surface area contributed by atoms with Crippen molar-refractivity contribution in [2.75, 3.05) is 14.2 Å². The number of carbonyl (C=O) groups excluding carboxylic acids is 2. The van der Waals surface area contributed by atoms with Crippen LogP contribution in [0.3, 0.4) is 0 Å². The molecule has 0 aliphatic carbocycles. The van der Waals surface area contributed by atoms with Gasteiger partial charge in [0.25, 0.3) is 0 Å². The van der Waals surface area contributed by atoms with Crippen molar-refractivity contribution < 1.29 is 14.3 Å². The van der Waals surface area contributed by atoms with E-state index in [1.165, 1.54) is 12.0 Å². The van der Waals surface area contributed by atoms with Crippen LogP contribution in [0.5, 0.6) is 0 Å². The summed E-state index contributed by atoms with van der Waals surface area (Å²) in [6, 6.07) is 7.66. The Morgan fingerprint density at radius 1 is 1.32 bits per heavy atom. The molecule has 104 valence electrons. The molecule has 0 aromatic heterocycles. The van der Waals surface area contributed by atoms with Gasteiger partial charge in [0.15, 0.2) is 0 Å². The molecular formula is C14H18BrNO3. The molecule has 0 atom stereocenters. The van der Waals surface area contributed by atoms with Crippen LogP contribution < -0.4 is 0 Å². The van der Waals surface area contributed by atoms with Gasteiger partial charge in [-0.3, -0.25) is 9.59 Å². The van der Waals surface area contributed by atoms with Crippen molar-refractivity contribution >= 4 is 27.8 Å². The number of halogens is 1. The van der Waals surface area contributed by atoms with Gasteiger partial charge in [-0.15, -0.1) is 0 Å². The number of benzene rings is 1. The van der Waals surface area contributed by atoms with Crippen molar-refractivity contribution in [1.82, 2.24) is 4.90 Å². The van der Waals surface area contributed by atoms with Crippen LogP contribution >= 0.6 is 15.9 Å². The minimum absolute atomic E-state index is 0.268. The van der Waals surface area contributed by atoms with Crippen LogP contribution in [-0.2, 0) is 20.9 Å². The lowest BCUT2D eigenvalue weighted by molar-refractivity contribution is -0.160. The van der Waals surface area contributed by atoms with Gasteiger partial charge in [-0.05, 0) is 25.5 Å². The molecule has 0 saturated carbocycles. The molecule has 4 nitrogen and oxygen atoms in total. The van der Waals surface area contributed by atoms with Gasteiger partial charge in [0.1, 0.15) is 5.41 Å². The first-order chi connectivity index (χ1) is 8.80. The Morgan fingerprint density at radius 2 is 1.89 bits per heavy atom. The minimum atomic E-state index is -1.18. The number of hydrogen-bond donors (Lipinski definition) is 0. The second-order valence-corrected chi connectivity index (χ2v) is 5.72. The first-order valence-electron chi connectivity index (χ1n) is 5.88. The number of esters is 1. The molecule has 0 aliphatic rings. The summed E-state index contributed by atoms with van der Waals surface area (Å²) in [4.78, 5) is 25.4. The van der Waals surface area contributed by atoms with E-state index in [1.807, 2.05) is 24.3 Å². The standard InChI is InChI=1S/C14H18BrNO3/c1-14(2,13(18)19-4)12(17)16(3)9-10-7-5-6-8-11(10)15/h5-8H,9H2,1-4H3. The minimum Gasteiger partial charge on any atom is -0.468 e. The average Bonchev–Trinajstić information content (AvgIpc) is 2.39. The van der Waals surface area contributed by atoms with Crippen LogP contribution in [0.15, 0.2) is 28.7 Å². The van der Waals surface area contributed by atoms with E-state index in [0.29, 0.717) is 6.54 Å². The molecule has 1 aromatic carbocycles. The maximum Gasteiger partial charge on any atom is 0.320 e. The number of ether oxygens (including phenoxy) is 1. The molecule has 19 heavy (non-hydrogen) atoms. The first-order valence-corrected chi connectivity index (χ1v) is 6.67. The zero-order valence-electron chi connectivity index (χ0n) is 11.6. The van der Waals surface area contributed by atoms with E-state index in [2.05, 4.69) is 20.7 Å². The third-order valence-electron chi connectivity index (χ3n) is 2.94. The van der Waals surface area contributed by atoms with Crippen molar-refractivity contribution in [2.45, 2.75) is 20.4 Å². The summed E-state index contributed by atoms with van der Waals surface area (Å²) in [6.07, 6.45) is 0. The molecular weight excluding hydrogens is 310 g/mol. The van der Waals surface area contributed by atoms with E-state index >= 15 is 0 Å². The SMILES string of the molecule is COC(=O)C(C)(C)C(=O)N(C)Cc1ccccc1Br. The first kappa shape index (κ1) is 15.7. The van der Waals surface area contributed by atoms with Crippen LogP contribution in [0.25, 0.3) is 0 Å². The zero-order valence-corrected chi connectivity index (χ0v) is 13.2. The third-order valence-corrected chi connectivity index (χ3v) is 3.72. The fraction of sp³-hybridized carbons (Fsp3) is 0.429. The molecule has 1 aromatic rings. The summed E-state index contributed by atoms with van der Waals surface area (Å²) < 4.78 is 5.60. The highest BCUT2D eigenvalue weighted by Gasteiger charge is 2.39. The summed E-state index contributed by atoms with van der Waals surface area (Å²) in [7, 11) is 2.96. The fourth-order valence-corrected chi connectivity index (χ4v) is 2.18.